The number of benzene rings is 2. The Balaban J connectivity index is 2.33. The highest BCUT2D eigenvalue weighted by Gasteiger charge is 2.13. The molecule has 2 aromatic carbocycles. The highest BCUT2D eigenvalue weighted by Crippen LogP contribution is 2.20. The first-order chi connectivity index (χ1) is 9.52. The number of halogens is 1. The molecule has 0 unspecified atom stereocenters. The molecule has 0 spiro atoms. The summed E-state index contributed by atoms with van der Waals surface area (Å²) in [4.78, 5) is 12.2. The quantitative estimate of drug-likeness (QED) is 0.823. The Hall–Kier alpha value is -2.87. The number of nitriles is 1. The number of nitrogen functional groups attached to an aromatic ring is 1. The predicted octanol–water partition coefficient (Wildman–Crippen LogP) is 2.84. The third-order valence-corrected chi connectivity index (χ3v) is 2.97. The minimum atomic E-state index is -0.528. The van der Waals surface area contributed by atoms with Crippen molar-refractivity contribution in [1.82, 2.24) is 0 Å². The Bertz CT molecular complexity index is 720. The van der Waals surface area contributed by atoms with E-state index in [1.54, 1.807) is 25.1 Å². The van der Waals surface area contributed by atoms with E-state index in [1.165, 1.54) is 12.1 Å². The monoisotopic (exact) mass is 269 g/mol. The third-order valence-electron chi connectivity index (χ3n) is 2.97. The second-order valence-electron chi connectivity index (χ2n) is 4.28. The van der Waals surface area contributed by atoms with Crippen LogP contribution in [0.3, 0.4) is 0 Å². The summed E-state index contributed by atoms with van der Waals surface area (Å²) in [5.41, 5.74) is 7.66. The number of nitrogens with two attached hydrogens (primary N) is 1. The van der Waals surface area contributed by atoms with Crippen molar-refractivity contribution in [3.05, 3.63) is 58.9 Å². The molecule has 0 heterocycles. The molecule has 0 aromatic heterocycles. The van der Waals surface area contributed by atoms with Crippen LogP contribution in [0.1, 0.15) is 21.5 Å². The maximum atomic E-state index is 13.0. The molecule has 0 saturated heterocycles. The molecule has 0 bridgehead atoms. The lowest BCUT2D eigenvalue weighted by molar-refractivity contribution is 0.102. The van der Waals surface area contributed by atoms with Gasteiger partial charge in [0.1, 0.15) is 11.9 Å². The number of carbonyl (C=O) groups is 1. The van der Waals surface area contributed by atoms with E-state index < -0.39 is 11.7 Å². The maximum absolute atomic E-state index is 13.0. The van der Waals surface area contributed by atoms with E-state index in [9.17, 15) is 9.18 Å². The van der Waals surface area contributed by atoms with Crippen LogP contribution in [0.5, 0.6) is 0 Å². The SMILES string of the molecule is Cc1c(N)cccc1C(=O)Nc1ccc(F)cc1C#N. The smallest absolute Gasteiger partial charge is 0.256 e. The van der Waals surface area contributed by atoms with Gasteiger partial charge < -0.3 is 11.1 Å². The Kier molecular flexibility index (Phi) is 3.67. The minimum Gasteiger partial charge on any atom is -0.398 e. The van der Waals surface area contributed by atoms with Gasteiger partial charge in [0.2, 0.25) is 0 Å². The molecule has 3 N–H and O–H groups in total. The van der Waals surface area contributed by atoms with Crippen molar-refractivity contribution in [1.29, 1.82) is 5.26 Å². The van der Waals surface area contributed by atoms with Gasteiger partial charge in [-0.3, -0.25) is 4.79 Å². The molecule has 0 saturated carbocycles. The van der Waals surface area contributed by atoms with Gasteiger partial charge in [-0.25, -0.2) is 4.39 Å². The largest absolute Gasteiger partial charge is 0.398 e. The van der Waals surface area contributed by atoms with Gasteiger partial charge in [-0.1, -0.05) is 6.07 Å². The van der Waals surface area contributed by atoms with Gasteiger partial charge in [-0.15, -0.1) is 0 Å². The summed E-state index contributed by atoms with van der Waals surface area (Å²) in [5.74, 6) is -0.919. The number of carbonyl (C=O) groups excluding carboxylic acids is 1. The number of anilines is 2. The van der Waals surface area contributed by atoms with Crippen LogP contribution in [0.4, 0.5) is 15.8 Å². The average Bonchev–Trinajstić information content (AvgIpc) is 2.43. The van der Waals surface area contributed by atoms with Crippen LogP contribution < -0.4 is 11.1 Å². The minimum absolute atomic E-state index is 0.0694. The zero-order valence-electron chi connectivity index (χ0n) is 10.8. The average molecular weight is 269 g/mol. The van der Waals surface area contributed by atoms with Crippen LogP contribution >= 0.6 is 0 Å². The number of amides is 1. The maximum Gasteiger partial charge on any atom is 0.256 e. The molecule has 2 rings (SSSR count). The Labute approximate surface area is 115 Å². The first-order valence-corrected chi connectivity index (χ1v) is 5.89. The molecular weight excluding hydrogens is 257 g/mol. The third kappa shape index (κ3) is 2.59. The molecule has 1 amide bonds. The van der Waals surface area contributed by atoms with E-state index in [-0.39, 0.29) is 11.3 Å². The van der Waals surface area contributed by atoms with E-state index in [1.807, 2.05) is 6.07 Å². The van der Waals surface area contributed by atoms with Gasteiger partial charge in [0, 0.05) is 11.3 Å². The Morgan fingerprint density at radius 2 is 2.10 bits per heavy atom. The van der Waals surface area contributed by atoms with Crippen LogP contribution in [0, 0.1) is 24.1 Å². The molecule has 0 fully saturated rings. The second-order valence-corrected chi connectivity index (χ2v) is 4.28. The number of nitrogens with zero attached hydrogens (tertiary/aromatic N) is 1. The van der Waals surface area contributed by atoms with E-state index in [0.717, 1.165) is 6.07 Å². The van der Waals surface area contributed by atoms with Gasteiger partial charge in [-0.05, 0) is 42.8 Å². The van der Waals surface area contributed by atoms with Gasteiger partial charge in [0.05, 0.1) is 11.3 Å². The summed E-state index contributed by atoms with van der Waals surface area (Å²) < 4.78 is 13.0. The van der Waals surface area contributed by atoms with Crippen molar-refractivity contribution in [2.75, 3.05) is 11.1 Å². The molecular formula is C15H12FN3O. The van der Waals surface area contributed by atoms with Crippen molar-refractivity contribution in [2.45, 2.75) is 6.92 Å². The molecule has 100 valence electrons. The lowest BCUT2D eigenvalue weighted by Gasteiger charge is -2.10. The molecule has 0 radical (unpaired) electrons. The predicted molar refractivity (Wildman–Crippen MR) is 74.7 cm³/mol. The summed E-state index contributed by atoms with van der Waals surface area (Å²) in [6.45, 7) is 1.74. The van der Waals surface area contributed by atoms with Gasteiger partial charge in [0.15, 0.2) is 0 Å². The molecule has 4 nitrogen and oxygen atoms in total. The van der Waals surface area contributed by atoms with Crippen molar-refractivity contribution in [3.8, 4) is 6.07 Å². The van der Waals surface area contributed by atoms with E-state index in [0.29, 0.717) is 16.8 Å². The molecule has 2 aromatic rings. The Morgan fingerprint density at radius 1 is 1.35 bits per heavy atom. The van der Waals surface area contributed by atoms with E-state index in [4.69, 9.17) is 11.0 Å². The fraction of sp³-hybridized carbons (Fsp3) is 0.0667. The van der Waals surface area contributed by atoms with Crippen LogP contribution in [-0.4, -0.2) is 5.91 Å². The number of nitrogens with one attached hydrogen (secondary N) is 1. The number of hydrogen-bond donors (Lipinski definition) is 2. The highest BCUT2D eigenvalue weighted by atomic mass is 19.1. The summed E-state index contributed by atoms with van der Waals surface area (Å²) in [6, 6.07) is 10.5. The molecule has 0 atom stereocenters. The number of hydrogen-bond acceptors (Lipinski definition) is 3. The zero-order valence-corrected chi connectivity index (χ0v) is 10.8. The molecule has 0 aliphatic rings. The topological polar surface area (TPSA) is 78.9 Å². The normalized spacial score (nSPS) is 9.85. The standard InChI is InChI=1S/C15H12FN3O/c1-9-12(3-2-4-13(9)18)15(20)19-14-6-5-11(16)7-10(14)8-17/h2-7H,18H2,1H3,(H,19,20). The van der Waals surface area contributed by atoms with Gasteiger partial charge in [-0.2, -0.15) is 5.26 Å². The van der Waals surface area contributed by atoms with E-state index >= 15 is 0 Å². The van der Waals surface area contributed by atoms with Crippen LogP contribution in [-0.2, 0) is 0 Å². The van der Waals surface area contributed by atoms with Crippen LogP contribution in [0.15, 0.2) is 36.4 Å². The summed E-state index contributed by atoms with van der Waals surface area (Å²) >= 11 is 0. The van der Waals surface area contributed by atoms with Crippen molar-refractivity contribution >= 4 is 17.3 Å². The van der Waals surface area contributed by atoms with E-state index in [2.05, 4.69) is 5.32 Å². The van der Waals surface area contributed by atoms with Crippen molar-refractivity contribution in [3.63, 3.8) is 0 Å². The van der Waals surface area contributed by atoms with Crippen molar-refractivity contribution in [2.24, 2.45) is 0 Å². The number of rotatable bonds is 2. The second kappa shape index (κ2) is 5.41. The van der Waals surface area contributed by atoms with Gasteiger partial charge >= 0.3 is 0 Å². The first-order valence-electron chi connectivity index (χ1n) is 5.89. The molecule has 0 aliphatic heterocycles. The summed E-state index contributed by atoms with van der Waals surface area (Å²) in [7, 11) is 0. The summed E-state index contributed by atoms with van der Waals surface area (Å²) in [6.07, 6.45) is 0. The fourth-order valence-corrected chi connectivity index (χ4v) is 1.81. The fourth-order valence-electron chi connectivity index (χ4n) is 1.81. The lowest BCUT2D eigenvalue weighted by atomic mass is 10.1. The molecule has 5 heteroatoms. The molecule has 0 aliphatic carbocycles. The summed E-state index contributed by atoms with van der Waals surface area (Å²) in [5, 5.41) is 11.5. The van der Waals surface area contributed by atoms with Crippen LogP contribution in [0.25, 0.3) is 0 Å². The van der Waals surface area contributed by atoms with Crippen molar-refractivity contribution < 1.29 is 9.18 Å². The zero-order chi connectivity index (χ0) is 14.7. The first kappa shape index (κ1) is 13.6. The molecule has 20 heavy (non-hydrogen) atoms. The lowest BCUT2D eigenvalue weighted by Crippen LogP contribution is -2.15. The highest BCUT2D eigenvalue weighted by molar-refractivity contribution is 6.06. The van der Waals surface area contributed by atoms with Gasteiger partial charge in [0.25, 0.3) is 5.91 Å². The Morgan fingerprint density at radius 3 is 2.80 bits per heavy atom. The van der Waals surface area contributed by atoms with Crippen LogP contribution in [0.2, 0.25) is 0 Å².